The fourth-order valence-electron chi connectivity index (χ4n) is 7.54. The van der Waals surface area contributed by atoms with Crippen molar-refractivity contribution in [3.63, 3.8) is 0 Å². The zero-order valence-corrected chi connectivity index (χ0v) is 23.1. The van der Waals surface area contributed by atoms with Gasteiger partial charge in [0.05, 0.1) is 19.8 Å². The van der Waals surface area contributed by atoms with Crippen LogP contribution in [0.2, 0.25) is 0 Å². The van der Waals surface area contributed by atoms with Crippen molar-refractivity contribution in [1.29, 1.82) is 0 Å². The van der Waals surface area contributed by atoms with E-state index in [1.54, 1.807) is 0 Å². The molecule has 0 saturated carbocycles. The number of aliphatic hydroxyl groups is 1. The Labute approximate surface area is 210 Å². The summed E-state index contributed by atoms with van der Waals surface area (Å²) in [5, 5.41) is 10.3. The molecule has 0 bridgehead atoms. The Morgan fingerprint density at radius 1 is 0.971 bits per heavy atom. The quantitative estimate of drug-likeness (QED) is 0.607. The van der Waals surface area contributed by atoms with Gasteiger partial charge in [-0.2, -0.15) is 0 Å². The fourth-order valence-corrected chi connectivity index (χ4v) is 7.54. The highest BCUT2D eigenvalue weighted by molar-refractivity contribution is 5.02. The van der Waals surface area contributed by atoms with E-state index >= 15 is 0 Å². The molecule has 34 heavy (non-hydrogen) atoms. The third kappa shape index (κ3) is 5.84. The van der Waals surface area contributed by atoms with Gasteiger partial charge in [-0.15, -0.1) is 0 Å². The van der Waals surface area contributed by atoms with Gasteiger partial charge in [-0.1, -0.05) is 13.8 Å². The van der Waals surface area contributed by atoms with Crippen LogP contribution in [-0.4, -0.2) is 120 Å². The van der Waals surface area contributed by atoms with Gasteiger partial charge < -0.3 is 14.7 Å². The van der Waals surface area contributed by atoms with Gasteiger partial charge in [0.15, 0.2) is 0 Å². The number of likely N-dealkylation sites (tertiary alicyclic amines) is 3. The maximum absolute atomic E-state index is 10.3. The minimum Gasteiger partial charge on any atom is -0.395 e. The molecule has 0 aromatic carbocycles. The van der Waals surface area contributed by atoms with Crippen molar-refractivity contribution < 1.29 is 9.84 Å². The molecule has 0 amide bonds. The third-order valence-corrected chi connectivity index (χ3v) is 9.80. The summed E-state index contributed by atoms with van der Waals surface area (Å²) in [5.41, 5.74) is 0.154. The molecule has 4 aliphatic heterocycles. The van der Waals surface area contributed by atoms with Crippen molar-refractivity contribution in [3.8, 4) is 0 Å². The Hall–Kier alpha value is -0.240. The minimum absolute atomic E-state index is 0.154. The number of hydrogen-bond acceptors (Lipinski definition) is 6. The maximum atomic E-state index is 10.3. The van der Waals surface area contributed by atoms with Gasteiger partial charge in [-0.3, -0.25) is 14.7 Å². The molecule has 198 valence electrons. The largest absolute Gasteiger partial charge is 0.395 e. The number of rotatable bonds is 7. The van der Waals surface area contributed by atoms with E-state index in [2.05, 4.69) is 61.1 Å². The molecule has 0 aromatic heterocycles. The SMILES string of the molecule is CC(C)CN1CCOCC2CN(C(C)(C)C3CC(CO)N(C4CCN(C(C)C)CC4)C3)CCC21. The highest BCUT2D eigenvalue weighted by atomic mass is 16.5. The molecule has 0 aromatic rings. The maximum Gasteiger partial charge on any atom is 0.0593 e. The standard InChI is InChI=1S/C28H54N4O2/c1-21(2)16-30-13-14-34-20-23-17-31(12-9-27(23)30)28(5,6)24-15-26(19-33)32(18-24)25-7-10-29(11-8-25)22(3)4/h21-27,33H,7-20H2,1-6H3. The summed E-state index contributed by atoms with van der Waals surface area (Å²) in [7, 11) is 0. The van der Waals surface area contributed by atoms with Crippen molar-refractivity contribution in [1.82, 2.24) is 19.6 Å². The van der Waals surface area contributed by atoms with Gasteiger partial charge in [-0.25, -0.2) is 0 Å². The van der Waals surface area contributed by atoms with Crippen LogP contribution < -0.4 is 0 Å². The third-order valence-electron chi connectivity index (χ3n) is 9.80. The van der Waals surface area contributed by atoms with E-state index in [4.69, 9.17) is 4.74 Å². The summed E-state index contributed by atoms with van der Waals surface area (Å²) in [6.07, 6.45) is 4.89. The van der Waals surface area contributed by atoms with Crippen LogP contribution in [0.3, 0.4) is 0 Å². The molecule has 4 fully saturated rings. The smallest absolute Gasteiger partial charge is 0.0593 e. The number of fused-ring (bicyclic) bond motifs is 1. The first kappa shape index (κ1) is 26.8. The Morgan fingerprint density at radius 2 is 1.71 bits per heavy atom. The van der Waals surface area contributed by atoms with Crippen molar-refractivity contribution in [2.75, 3.05) is 65.6 Å². The molecule has 4 rings (SSSR count). The molecule has 4 heterocycles. The Balaban J connectivity index is 1.39. The van der Waals surface area contributed by atoms with Crippen molar-refractivity contribution in [2.45, 2.75) is 96.9 Å². The summed E-state index contributed by atoms with van der Waals surface area (Å²) in [6, 6.07) is 2.29. The van der Waals surface area contributed by atoms with Crippen LogP contribution in [0.1, 0.15) is 67.2 Å². The molecule has 4 aliphatic rings. The second kappa shape index (κ2) is 11.4. The van der Waals surface area contributed by atoms with E-state index in [1.807, 2.05) is 0 Å². The Morgan fingerprint density at radius 3 is 2.35 bits per heavy atom. The Bertz CT molecular complexity index is 634. The predicted molar refractivity (Wildman–Crippen MR) is 140 cm³/mol. The number of ether oxygens (including phenoxy) is 1. The lowest BCUT2D eigenvalue weighted by atomic mass is 9.80. The molecular formula is C28H54N4O2. The molecule has 4 atom stereocenters. The number of hydrogen-bond donors (Lipinski definition) is 1. The summed E-state index contributed by atoms with van der Waals surface area (Å²) in [5.74, 6) is 1.93. The molecule has 4 unspecified atom stereocenters. The highest BCUT2D eigenvalue weighted by Gasteiger charge is 2.47. The molecule has 0 aliphatic carbocycles. The lowest BCUT2D eigenvalue weighted by molar-refractivity contribution is -0.0211. The first-order chi connectivity index (χ1) is 16.2. The van der Waals surface area contributed by atoms with E-state index < -0.39 is 0 Å². The summed E-state index contributed by atoms with van der Waals surface area (Å²) < 4.78 is 6.10. The van der Waals surface area contributed by atoms with Crippen molar-refractivity contribution in [3.05, 3.63) is 0 Å². The zero-order valence-electron chi connectivity index (χ0n) is 23.1. The van der Waals surface area contributed by atoms with Crippen molar-refractivity contribution in [2.24, 2.45) is 17.8 Å². The zero-order chi connectivity index (χ0) is 24.5. The monoisotopic (exact) mass is 478 g/mol. The molecule has 6 nitrogen and oxygen atoms in total. The van der Waals surface area contributed by atoms with Gasteiger partial charge >= 0.3 is 0 Å². The first-order valence-electron chi connectivity index (χ1n) is 14.4. The molecule has 0 spiro atoms. The van der Waals surface area contributed by atoms with Gasteiger partial charge in [0.25, 0.3) is 0 Å². The highest BCUT2D eigenvalue weighted by Crippen LogP contribution is 2.40. The fraction of sp³-hybridized carbons (Fsp3) is 1.00. The molecule has 0 radical (unpaired) electrons. The van der Waals surface area contributed by atoms with E-state index in [1.165, 1.54) is 45.4 Å². The number of aliphatic hydroxyl groups excluding tert-OH is 1. The van der Waals surface area contributed by atoms with Crippen LogP contribution in [0.25, 0.3) is 0 Å². The van der Waals surface area contributed by atoms with Gasteiger partial charge in [0.2, 0.25) is 0 Å². The molecule has 4 saturated heterocycles. The number of nitrogens with zero attached hydrogens (tertiary/aromatic N) is 4. The average Bonchev–Trinajstić information content (AvgIpc) is 3.16. The molecular weight excluding hydrogens is 424 g/mol. The Kier molecular flexibility index (Phi) is 9.02. The normalized spacial score (nSPS) is 34.1. The van der Waals surface area contributed by atoms with E-state index in [0.29, 0.717) is 48.5 Å². The van der Waals surface area contributed by atoms with Crippen LogP contribution >= 0.6 is 0 Å². The number of piperidine rings is 2. The van der Waals surface area contributed by atoms with Gasteiger partial charge in [0.1, 0.15) is 0 Å². The van der Waals surface area contributed by atoms with E-state index in [-0.39, 0.29) is 5.54 Å². The van der Waals surface area contributed by atoms with E-state index in [0.717, 1.165) is 39.3 Å². The van der Waals surface area contributed by atoms with Crippen LogP contribution in [-0.2, 0) is 4.74 Å². The topological polar surface area (TPSA) is 42.4 Å². The summed E-state index contributed by atoms with van der Waals surface area (Å²) in [4.78, 5) is 10.8. The predicted octanol–water partition coefficient (Wildman–Crippen LogP) is 3.00. The van der Waals surface area contributed by atoms with E-state index in [9.17, 15) is 5.11 Å². The molecule has 1 N–H and O–H groups in total. The summed E-state index contributed by atoms with van der Waals surface area (Å²) in [6.45, 7) is 24.6. The molecule has 6 heteroatoms. The van der Waals surface area contributed by atoms with Gasteiger partial charge in [-0.05, 0) is 78.3 Å². The lowest BCUT2D eigenvalue weighted by Gasteiger charge is -2.50. The van der Waals surface area contributed by atoms with Crippen LogP contribution in [0.4, 0.5) is 0 Å². The second-order valence-electron chi connectivity index (χ2n) is 13.0. The summed E-state index contributed by atoms with van der Waals surface area (Å²) >= 11 is 0. The van der Waals surface area contributed by atoms with Crippen LogP contribution in [0, 0.1) is 17.8 Å². The lowest BCUT2D eigenvalue weighted by Crippen LogP contribution is -2.59. The van der Waals surface area contributed by atoms with Crippen molar-refractivity contribution >= 4 is 0 Å². The first-order valence-corrected chi connectivity index (χ1v) is 14.4. The second-order valence-corrected chi connectivity index (χ2v) is 13.0. The van der Waals surface area contributed by atoms with Gasteiger partial charge in [0, 0.05) is 68.3 Å². The average molecular weight is 479 g/mol. The van der Waals surface area contributed by atoms with Crippen LogP contribution in [0.5, 0.6) is 0 Å². The minimum atomic E-state index is 0.154. The van der Waals surface area contributed by atoms with Crippen LogP contribution in [0.15, 0.2) is 0 Å².